The van der Waals surface area contributed by atoms with Gasteiger partial charge >= 0.3 is 11.9 Å². The maximum absolute atomic E-state index is 13.4. The molecule has 0 spiro atoms. The van der Waals surface area contributed by atoms with Crippen molar-refractivity contribution in [3.63, 3.8) is 0 Å². The van der Waals surface area contributed by atoms with E-state index >= 15 is 0 Å². The van der Waals surface area contributed by atoms with E-state index in [1.165, 1.54) is 18.2 Å². The number of esters is 2. The summed E-state index contributed by atoms with van der Waals surface area (Å²) in [4.78, 5) is 61.0. The van der Waals surface area contributed by atoms with Crippen LogP contribution in [0.4, 0.5) is 11.4 Å². The van der Waals surface area contributed by atoms with Crippen LogP contribution >= 0.6 is 11.6 Å². The Morgan fingerprint density at radius 3 is 2.45 bits per heavy atom. The molecule has 0 unspecified atom stereocenters. The van der Waals surface area contributed by atoms with Crippen molar-refractivity contribution in [3.8, 4) is 0 Å². The van der Waals surface area contributed by atoms with Gasteiger partial charge in [0.15, 0.2) is 5.60 Å². The lowest BCUT2D eigenvalue weighted by atomic mass is 9.76. The Kier molecular flexibility index (Phi) is 4.82. The van der Waals surface area contributed by atoms with Crippen molar-refractivity contribution in [2.24, 2.45) is 11.8 Å². The van der Waals surface area contributed by atoms with Gasteiger partial charge < -0.3 is 14.2 Å². The monoisotopic (exact) mass is 450 g/mol. The lowest BCUT2D eigenvalue weighted by Gasteiger charge is -2.34. The van der Waals surface area contributed by atoms with E-state index in [1.807, 2.05) is 0 Å². The zero-order chi connectivity index (χ0) is 22.7. The number of fused-ring (bicyclic) bond motifs is 5. The van der Waals surface area contributed by atoms with Crippen LogP contribution in [0.25, 0.3) is 0 Å². The summed E-state index contributed by atoms with van der Waals surface area (Å²) in [5.74, 6) is -5.25. The van der Waals surface area contributed by atoms with Crippen molar-refractivity contribution in [1.82, 2.24) is 0 Å². The van der Waals surface area contributed by atoms with E-state index in [0.29, 0.717) is 0 Å². The normalized spacial score (nSPS) is 28.3. The molecule has 2 saturated heterocycles. The van der Waals surface area contributed by atoms with Gasteiger partial charge in [0.25, 0.3) is 12.0 Å². The Morgan fingerprint density at radius 1 is 1.23 bits per heavy atom. The lowest BCUT2D eigenvalue weighted by Crippen LogP contribution is -2.52. The second-order valence-corrected chi connectivity index (χ2v) is 7.66. The molecule has 12 heteroatoms. The molecule has 31 heavy (non-hydrogen) atoms. The fourth-order valence-corrected chi connectivity index (χ4v) is 4.44. The van der Waals surface area contributed by atoms with Gasteiger partial charge in [-0.3, -0.25) is 29.3 Å². The van der Waals surface area contributed by atoms with Gasteiger partial charge in [0.2, 0.25) is 11.8 Å². The molecule has 3 heterocycles. The van der Waals surface area contributed by atoms with E-state index in [0.717, 1.165) is 30.9 Å². The van der Waals surface area contributed by atoms with Crippen LogP contribution in [0.5, 0.6) is 0 Å². The minimum Gasteiger partial charge on any atom is -0.422 e. The van der Waals surface area contributed by atoms with Crippen molar-refractivity contribution >= 4 is 46.7 Å². The van der Waals surface area contributed by atoms with Crippen molar-refractivity contribution in [1.29, 1.82) is 0 Å². The number of ether oxygens (including phenoxy) is 3. The smallest absolute Gasteiger partial charge is 0.305 e. The molecule has 2 bridgehead atoms. The van der Waals surface area contributed by atoms with E-state index in [2.05, 4.69) is 0 Å². The standard InChI is InChI=1S/C19H15ClN2O9/c1-8(23)29-18(30-9(2)24)19-6-5-13(31-19)14-15(19)17(26)21(16(14)25)12-7-10(22(27)28)3-4-11(12)20/h3-7,13-15,18H,1-2H3/t13-,14-,15+,19+/m0/s1. The molecule has 2 fully saturated rings. The molecule has 0 aromatic heterocycles. The number of hydrogen-bond donors (Lipinski definition) is 0. The molecule has 0 N–H and O–H groups in total. The van der Waals surface area contributed by atoms with Crippen molar-refractivity contribution in [2.45, 2.75) is 31.8 Å². The molecule has 4 rings (SSSR count). The summed E-state index contributed by atoms with van der Waals surface area (Å²) in [6.45, 7) is 2.18. The third kappa shape index (κ3) is 3.08. The topological polar surface area (TPSA) is 142 Å². The van der Waals surface area contributed by atoms with Gasteiger partial charge in [-0.15, -0.1) is 0 Å². The van der Waals surface area contributed by atoms with Crippen molar-refractivity contribution in [2.75, 3.05) is 4.90 Å². The van der Waals surface area contributed by atoms with Gasteiger partial charge in [-0.25, -0.2) is 4.90 Å². The van der Waals surface area contributed by atoms with Crippen LogP contribution < -0.4 is 4.90 Å². The van der Waals surface area contributed by atoms with Crippen LogP contribution in [0.1, 0.15) is 13.8 Å². The highest BCUT2D eigenvalue weighted by atomic mass is 35.5. The first-order valence-electron chi connectivity index (χ1n) is 9.10. The highest BCUT2D eigenvalue weighted by molar-refractivity contribution is 6.36. The quantitative estimate of drug-likeness (QED) is 0.163. The number of carbonyl (C=O) groups excluding carboxylic acids is 4. The van der Waals surface area contributed by atoms with E-state index in [4.69, 9.17) is 25.8 Å². The van der Waals surface area contributed by atoms with Crippen LogP contribution in [0.2, 0.25) is 5.02 Å². The molecule has 1 aromatic carbocycles. The Labute approximate surface area is 179 Å². The summed E-state index contributed by atoms with van der Waals surface area (Å²) in [7, 11) is 0. The fraction of sp³-hybridized carbons (Fsp3) is 0.368. The number of rotatable bonds is 5. The lowest BCUT2D eigenvalue weighted by molar-refractivity contribution is -0.384. The molecular weight excluding hydrogens is 436 g/mol. The number of benzene rings is 1. The van der Waals surface area contributed by atoms with Gasteiger partial charge in [0.1, 0.15) is 0 Å². The molecule has 0 radical (unpaired) electrons. The molecule has 2 amide bonds. The maximum atomic E-state index is 13.4. The second kappa shape index (κ2) is 7.13. The number of imide groups is 1. The number of halogens is 1. The van der Waals surface area contributed by atoms with E-state index in [-0.39, 0.29) is 16.4 Å². The number of nitro groups is 1. The maximum Gasteiger partial charge on any atom is 0.305 e. The predicted octanol–water partition coefficient (Wildman–Crippen LogP) is 1.51. The van der Waals surface area contributed by atoms with Crippen LogP contribution in [0, 0.1) is 22.0 Å². The zero-order valence-electron chi connectivity index (χ0n) is 16.1. The average Bonchev–Trinajstić information content (AvgIpc) is 3.32. The summed E-state index contributed by atoms with van der Waals surface area (Å²) in [6, 6.07) is 3.38. The van der Waals surface area contributed by atoms with Crippen molar-refractivity contribution in [3.05, 3.63) is 45.5 Å². The average molecular weight is 451 g/mol. The van der Waals surface area contributed by atoms with Crippen molar-refractivity contribution < 1.29 is 38.3 Å². The number of nitro benzene ring substituents is 1. The molecule has 162 valence electrons. The van der Waals surface area contributed by atoms with Crippen LogP contribution in [-0.4, -0.2) is 46.7 Å². The number of nitrogens with zero attached hydrogens (tertiary/aromatic N) is 2. The molecular formula is C19H15ClN2O9. The SMILES string of the molecule is CC(=O)OC(OC(C)=O)[C@]12C=C[C@H](O1)[C@@H]1C(=O)N(c3cc([N+](=O)[O-])ccc3Cl)C(=O)[C@@H]12. The van der Waals surface area contributed by atoms with Gasteiger partial charge in [0, 0.05) is 26.0 Å². The van der Waals surface area contributed by atoms with Crippen LogP contribution in [0.15, 0.2) is 30.4 Å². The van der Waals surface area contributed by atoms with Crippen LogP contribution in [0.3, 0.4) is 0 Å². The van der Waals surface area contributed by atoms with E-state index in [9.17, 15) is 29.3 Å². The molecule has 0 saturated carbocycles. The fourth-order valence-electron chi connectivity index (χ4n) is 4.24. The van der Waals surface area contributed by atoms with Gasteiger partial charge in [-0.1, -0.05) is 17.7 Å². The predicted molar refractivity (Wildman–Crippen MR) is 102 cm³/mol. The van der Waals surface area contributed by atoms with Crippen LogP contribution in [-0.2, 0) is 33.4 Å². The zero-order valence-corrected chi connectivity index (χ0v) is 16.9. The number of hydrogen-bond acceptors (Lipinski definition) is 9. The first-order valence-corrected chi connectivity index (χ1v) is 9.48. The first-order chi connectivity index (χ1) is 14.6. The molecule has 1 aromatic rings. The highest BCUT2D eigenvalue weighted by Crippen LogP contribution is 2.55. The summed E-state index contributed by atoms with van der Waals surface area (Å²) >= 11 is 6.14. The summed E-state index contributed by atoms with van der Waals surface area (Å²) in [6.07, 6.45) is 0.484. The molecule has 4 atom stereocenters. The molecule has 3 aliphatic heterocycles. The summed E-state index contributed by atoms with van der Waals surface area (Å²) in [5.41, 5.74) is -2.23. The third-order valence-corrected chi connectivity index (χ3v) is 5.69. The van der Waals surface area contributed by atoms with E-state index in [1.54, 1.807) is 0 Å². The van der Waals surface area contributed by atoms with Gasteiger partial charge in [-0.2, -0.15) is 0 Å². The Hall–Kier alpha value is -3.31. The largest absolute Gasteiger partial charge is 0.422 e. The Bertz CT molecular complexity index is 1050. The molecule has 0 aliphatic carbocycles. The summed E-state index contributed by atoms with van der Waals surface area (Å²) < 4.78 is 16.1. The number of carbonyl (C=O) groups is 4. The second-order valence-electron chi connectivity index (χ2n) is 7.25. The van der Waals surface area contributed by atoms with Gasteiger partial charge in [0.05, 0.1) is 33.6 Å². The number of amides is 2. The number of anilines is 1. The first kappa shape index (κ1) is 20.9. The van der Waals surface area contributed by atoms with E-state index < -0.39 is 58.5 Å². The molecule has 3 aliphatic rings. The minimum absolute atomic E-state index is 0.0425. The minimum atomic E-state index is -1.72. The third-order valence-electron chi connectivity index (χ3n) is 5.37. The number of non-ortho nitro benzene ring substituents is 1. The Morgan fingerprint density at radius 2 is 1.87 bits per heavy atom. The Balaban J connectivity index is 1.78. The highest BCUT2D eigenvalue weighted by Gasteiger charge is 2.72. The van der Waals surface area contributed by atoms with Gasteiger partial charge in [-0.05, 0) is 12.1 Å². The molecule has 11 nitrogen and oxygen atoms in total. The summed E-state index contributed by atoms with van der Waals surface area (Å²) in [5, 5.41) is 11.1.